The molecule has 0 aromatic rings. The van der Waals surface area contributed by atoms with Crippen molar-refractivity contribution in [2.45, 2.75) is 224 Å². The maximum atomic E-state index is 15.1. The average Bonchev–Trinajstić information content (AvgIpc) is 2.20. The fourth-order valence-corrected chi connectivity index (χ4v) is 16.2. The molecule has 9 aliphatic rings. The van der Waals surface area contributed by atoms with Gasteiger partial charge in [0.15, 0.2) is 12.6 Å². The lowest BCUT2D eigenvalue weighted by Crippen LogP contribution is -2.67. The molecule has 0 aromatic heterocycles. The van der Waals surface area contributed by atoms with Gasteiger partial charge in [-0.2, -0.15) is 0 Å². The van der Waals surface area contributed by atoms with Crippen LogP contribution in [0.3, 0.4) is 0 Å². The average molecular weight is 1110 g/mol. The Morgan fingerprint density at radius 1 is 0.705 bits per heavy atom. The van der Waals surface area contributed by atoms with Gasteiger partial charge in [-0.05, 0) is 116 Å². The highest BCUT2D eigenvalue weighted by Gasteiger charge is 2.70. The Kier molecular flexibility index (Phi) is 17.3. The van der Waals surface area contributed by atoms with Crippen LogP contribution in [0.25, 0.3) is 0 Å². The van der Waals surface area contributed by atoms with Crippen molar-refractivity contribution in [2.24, 2.45) is 50.2 Å². The molecule has 21 heteroatoms. The molecule has 21 nitrogen and oxygen atoms in total. The van der Waals surface area contributed by atoms with E-state index in [2.05, 4.69) is 47.6 Å². The van der Waals surface area contributed by atoms with E-state index in [1.807, 2.05) is 0 Å². The molecule has 0 aromatic carbocycles. The molecule has 0 spiro atoms. The van der Waals surface area contributed by atoms with Crippen molar-refractivity contribution in [1.29, 1.82) is 0 Å². The third-order valence-electron chi connectivity index (χ3n) is 21.3. The quantitative estimate of drug-likeness (QED) is 0.0350. The molecular formula is C57H87NO20. The number of fused-ring (bicyclic) bond motifs is 7. The Morgan fingerprint density at radius 2 is 1.40 bits per heavy atom. The molecule has 9 rings (SSSR count). The lowest BCUT2D eigenvalue weighted by Gasteiger charge is -2.71. The summed E-state index contributed by atoms with van der Waals surface area (Å²) < 4.78 is 41.4. The topological polar surface area (TPSA) is 318 Å². The molecule has 22 unspecified atom stereocenters. The minimum absolute atomic E-state index is 0.0401. The molecule has 7 fully saturated rings. The second kappa shape index (κ2) is 22.6. The van der Waals surface area contributed by atoms with Crippen molar-refractivity contribution in [1.82, 2.24) is 4.90 Å². The Morgan fingerprint density at radius 3 is 2.12 bits per heavy atom. The van der Waals surface area contributed by atoms with Gasteiger partial charge in [-0.3, -0.25) is 24.1 Å². The minimum Gasteiger partial charge on any atom is -0.463 e. The number of aliphatic hydroxyl groups excluding tert-OH is 9. The van der Waals surface area contributed by atoms with E-state index in [1.165, 1.54) is 17.7 Å². The number of rotatable bonds is 16. The molecule has 0 bridgehead atoms. The van der Waals surface area contributed by atoms with E-state index in [0.717, 1.165) is 37.0 Å². The van der Waals surface area contributed by atoms with Crippen LogP contribution < -0.4 is 0 Å². The SMILES string of the molecule is CC1(C)CCC2(C(=O)OC3OC(COC4OC(COC(=O)CCCCCN5C(=O)C=CC5=O)C(O)CC4O)C(O)C(O)C3O)CCC3(C)C(=CCC4C5(C)CCC(OC6OCC(O)C(O)C6O)C(C)(CO)C5CCC43C)C2C1. The van der Waals surface area contributed by atoms with E-state index in [0.29, 0.717) is 51.4 Å². The van der Waals surface area contributed by atoms with Crippen LogP contribution in [-0.2, 0) is 52.3 Å². The van der Waals surface area contributed by atoms with Crippen LogP contribution >= 0.6 is 0 Å². The highest BCUT2D eigenvalue weighted by molar-refractivity contribution is 6.12. The molecule has 5 aliphatic carbocycles. The molecule has 4 saturated carbocycles. The van der Waals surface area contributed by atoms with E-state index in [9.17, 15) is 60.3 Å². The predicted octanol–water partition coefficient (Wildman–Crippen LogP) is 1.82. The van der Waals surface area contributed by atoms with Gasteiger partial charge < -0.3 is 79.1 Å². The second-order valence-electron chi connectivity index (χ2n) is 26.3. The number of amides is 2. The molecule has 3 saturated heterocycles. The zero-order valence-electron chi connectivity index (χ0n) is 46.2. The van der Waals surface area contributed by atoms with Crippen molar-refractivity contribution in [3.8, 4) is 0 Å². The zero-order valence-corrected chi connectivity index (χ0v) is 46.2. The largest absolute Gasteiger partial charge is 0.463 e. The normalized spacial score (nSPS) is 47.0. The van der Waals surface area contributed by atoms with Gasteiger partial charge in [-0.25, -0.2) is 0 Å². The van der Waals surface area contributed by atoms with E-state index >= 15 is 4.79 Å². The van der Waals surface area contributed by atoms with Crippen LogP contribution in [0.5, 0.6) is 0 Å². The first kappa shape index (κ1) is 59.6. The molecule has 2 amide bonds. The van der Waals surface area contributed by atoms with E-state index < -0.39 is 115 Å². The molecular weight excluding hydrogens is 1020 g/mol. The summed E-state index contributed by atoms with van der Waals surface area (Å²) in [4.78, 5) is 52.3. The number of aliphatic hydroxyl groups is 9. The summed E-state index contributed by atoms with van der Waals surface area (Å²) in [5.74, 6) is -1.83. The number of imide groups is 1. The summed E-state index contributed by atoms with van der Waals surface area (Å²) in [5.41, 5.74) is -1.33. The number of hydrogen-bond donors (Lipinski definition) is 9. The van der Waals surface area contributed by atoms with Gasteiger partial charge in [0.1, 0.15) is 61.5 Å². The predicted molar refractivity (Wildman–Crippen MR) is 272 cm³/mol. The van der Waals surface area contributed by atoms with Gasteiger partial charge in [0.05, 0.1) is 37.4 Å². The monoisotopic (exact) mass is 1110 g/mol. The first-order valence-electron chi connectivity index (χ1n) is 28.6. The van der Waals surface area contributed by atoms with Crippen molar-refractivity contribution < 1.29 is 98.3 Å². The molecule has 0 radical (unpaired) electrons. The summed E-state index contributed by atoms with van der Waals surface area (Å²) in [6.07, 6.45) is -6.09. The number of hydrogen-bond acceptors (Lipinski definition) is 20. The number of carbonyl (C=O) groups excluding carboxylic acids is 4. The lowest BCUT2D eigenvalue weighted by molar-refractivity contribution is -0.318. The molecule has 9 N–H and O–H groups in total. The maximum absolute atomic E-state index is 15.1. The van der Waals surface area contributed by atoms with Crippen molar-refractivity contribution in [2.75, 3.05) is 33.0 Å². The third kappa shape index (κ3) is 10.6. The number of nitrogens with zero attached hydrogens (tertiary/aromatic N) is 1. The Labute approximate surface area is 456 Å². The number of carbonyl (C=O) groups is 4. The van der Waals surface area contributed by atoms with Crippen LogP contribution in [0, 0.1) is 50.2 Å². The van der Waals surface area contributed by atoms with Gasteiger partial charge >= 0.3 is 11.9 Å². The van der Waals surface area contributed by atoms with Gasteiger partial charge in [0, 0.05) is 37.0 Å². The summed E-state index contributed by atoms with van der Waals surface area (Å²) in [6, 6.07) is 0. The van der Waals surface area contributed by atoms with E-state index in [4.69, 9.17) is 33.2 Å². The van der Waals surface area contributed by atoms with Gasteiger partial charge in [0.2, 0.25) is 6.29 Å². The van der Waals surface area contributed by atoms with Gasteiger partial charge in [-0.15, -0.1) is 0 Å². The molecule has 4 heterocycles. The second-order valence-corrected chi connectivity index (χ2v) is 26.3. The molecule has 440 valence electrons. The fourth-order valence-electron chi connectivity index (χ4n) is 16.2. The Bertz CT molecular complexity index is 2260. The fraction of sp³-hybridized carbons (Fsp3) is 0.860. The van der Waals surface area contributed by atoms with Gasteiger partial charge in [-0.1, -0.05) is 59.6 Å². The summed E-state index contributed by atoms with van der Waals surface area (Å²) in [6.45, 7) is 12.7. The highest BCUT2D eigenvalue weighted by Crippen LogP contribution is 2.76. The van der Waals surface area contributed by atoms with E-state index in [-0.39, 0.29) is 90.4 Å². The number of ether oxygens (including phenoxy) is 7. The van der Waals surface area contributed by atoms with Crippen molar-refractivity contribution in [3.05, 3.63) is 23.8 Å². The first-order chi connectivity index (χ1) is 36.7. The molecule has 4 aliphatic heterocycles. The lowest BCUT2D eigenvalue weighted by atomic mass is 9.33. The van der Waals surface area contributed by atoms with Crippen LogP contribution in [0.4, 0.5) is 0 Å². The van der Waals surface area contributed by atoms with Gasteiger partial charge in [0.25, 0.3) is 11.8 Å². The first-order valence-corrected chi connectivity index (χ1v) is 28.6. The number of unbranched alkanes of at least 4 members (excludes halogenated alkanes) is 2. The molecule has 78 heavy (non-hydrogen) atoms. The summed E-state index contributed by atoms with van der Waals surface area (Å²) in [7, 11) is 0. The highest BCUT2D eigenvalue weighted by atomic mass is 16.7. The smallest absolute Gasteiger partial charge is 0.315 e. The number of allylic oxidation sites excluding steroid dienone is 2. The Hall–Kier alpha value is -3.00. The van der Waals surface area contributed by atoms with E-state index in [1.54, 1.807) is 0 Å². The third-order valence-corrected chi connectivity index (χ3v) is 21.3. The van der Waals surface area contributed by atoms with Crippen molar-refractivity contribution in [3.63, 3.8) is 0 Å². The standard InChI is InChI=1S/C57H87NO20/c1-52(2)19-21-57(22-20-55(5)30(31(57)25-52)11-12-38-53(3)17-16-39(77-49-46(69)43(66)34(62)26-73-49)54(4,29-59)37(53)15-18-56(38,55)6)51(71)78-50-47(70)45(68)44(67)36(76-50)28-74-48-33(61)24-32(60)35(75-48)27-72-42(65)10-8-7-9-23-58-40(63)13-14-41(58)64/h11,13-14,31-39,43-50,59-62,66-70H,7-10,12,15-29H2,1-6H3. The maximum Gasteiger partial charge on any atom is 0.315 e. The summed E-state index contributed by atoms with van der Waals surface area (Å²) in [5, 5.41) is 97.8. The van der Waals surface area contributed by atoms with Crippen LogP contribution in [0.1, 0.15) is 138 Å². The number of esters is 2. The van der Waals surface area contributed by atoms with Crippen LogP contribution in [0.15, 0.2) is 23.8 Å². The van der Waals surface area contributed by atoms with Crippen molar-refractivity contribution >= 4 is 23.8 Å². The van der Waals surface area contributed by atoms with Crippen LogP contribution in [-0.4, -0.2) is 194 Å². The Balaban J connectivity index is 0.841. The molecule has 22 atom stereocenters. The summed E-state index contributed by atoms with van der Waals surface area (Å²) >= 11 is 0. The zero-order chi connectivity index (χ0) is 56.5. The minimum atomic E-state index is -1.82. The van der Waals surface area contributed by atoms with Crippen LogP contribution in [0.2, 0.25) is 0 Å².